The number of nitrogens with zero attached hydrogens (tertiary/aromatic N) is 4. The molecule has 2 aromatic carbocycles. The number of rotatable bonds is 15. The van der Waals surface area contributed by atoms with E-state index in [-0.39, 0.29) is 36.8 Å². The maximum Gasteiger partial charge on any atom is 0.261 e. The first kappa shape index (κ1) is 42.5. The number of alkyl halides is 1. The fourth-order valence-corrected chi connectivity index (χ4v) is 9.32. The van der Waals surface area contributed by atoms with Crippen molar-refractivity contribution in [1.29, 1.82) is 0 Å². The molecule has 2 fully saturated rings. The van der Waals surface area contributed by atoms with E-state index in [1.807, 2.05) is 31.1 Å². The minimum atomic E-state index is -1.26. The number of fused-ring (bicyclic) bond motifs is 2. The lowest BCUT2D eigenvalue weighted by Gasteiger charge is -2.35. The first-order chi connectivity index (χ1) is 28.8. The van der Waals surface area contributed by atoms with E-state index in [2.05, 4.69) is 22.1 Å². The third kappa shape index (κ3) is 8.67. The number of aromatic nitrogens is 1. The number of piperidine rings is 2. The Labute approximate surface area is 351 Å². The molecule has 16 heteroatoms. The van der Waals surface area contributed by atoms with Crippen molar-refractivity contribution in [3.63, 3.8) is 0 Å². The molecule has 0 aliphatic carbocycles. The van der Waals surface area contributed by atoms with E-state index in [0.29, 0.717) is 81.7 Å². The van der Waals surface area contributed by atoms with Gasteiger partial charge in [-0.15, -0.1) is 11.3 Å². The second kappa shape index (κ2) is 18.0. The summed E-state index contributed by atoms with van der Waals surface area (Å²) in [5, 5.41) is 5.61. The predicted molar refractivity (Wildman–Crippen MR) is 227 cm³/mol. The van der Waals surface area contributed by atoms with Crippen molar-refractivity contribution < 1.29 is 37.8 Å². The third-order valence-corrected chi connectivity index (χ3v) is 12.5. The van der Waals surface area contributed by atoms with Crippen molar-refractivity contribution in [2.45, 2.75) is 63.3 Å². The molecule has 0 radical (unpaired) electrons. The summed E-state index contributed by atoms with van der Waals surface area (Å²) < 4.78 is 35.1. The lowest BCUT2D eigenvalue weighted by atomic mass is 10.0. The van der Waals surface area contributed by atoms with E-state index in [9.17, 15) is 24.0 Å². The number of thiophene rings is 1. The minimum absolute atomic E-state index is 0.159. The molecule has 2 saturated heterocycles. The van der Waals surface area contributed by atoms with Crippen LogP contribution in [-0.4, -0.2) is 116 Å². The third-order valence-electron chi connectivity index (χ3n) is 11.4. The molecule has 5 heterocycles. The second-order valence-electron chi connectivity index (χ2n) is 15.8. The van der Waals surface area contributed by atoms with E-state index < -0.39 is 30.1 Å². The molecular formula is C44H51FN6O8S. The number of methoxy groups -OCH3 is 2. The Bertz CT molecular complexity index is 2390. The second-order valence-corrected chi connectivity index (χ2v) is 16.9. The number of carbonyl (C=O) groups is 4. The molecule has 2 aromatic heterocycles. The zero-order valence-corrected chi connectivity index (χ0v) is 35.4. The number of amides is 4. The van der Waals surface area contributed by atoms with Gasteiger partial charge in [0.15, 0.2) is 0 Å². The molecule has 3 aliphatic heterocycles. The molecule has 3 aliphatic rings. The molecule has 60 heavy (non-hydrogen) atoms. The summed E-state index contributed by atoms with van der Waals surface area (Å²) in [6.45, 7) is 6.61. The van der Waals surface area contributed by atoms with Gasteiger partial charge in [-0.2, -0.15) is 0 Å². The standard InChI is InChI=1S/C44H51FN6O8S/c1-25-28-11-10-27(20-29(28)44(56)51(25)35-12-13-39(52)47-41(35)53)59-17-9-7-8-15-50-16-14-34(33(45)24-50)46-42(54)38-21-30-40(60-38)31(23-49(4)43(30)55)26-18-36(57-5)32(22-48(2)3)37(19-26)58-6/h10-11,18-21,23,33-35H,1,7-9,12-17,22,24H2,2-6H3,(H,46,54)(H,47,52,53). The monoisotopic (exact) mass is 842 g/mol. The van der Waals surface area contributed by atoms with Crippen molar-refractivity contribution in [3.05, 3.63) is 81.1 Å². The van der Waals surface area contributed by atoms with Crippen molar-refractivity contribution in [3.8, 4) is 28.4 Å². The largest absolute Gasteiger partial charge is 0.496 e. The van der Waals surface area contributed by atoms with Crippen LogP contribution in [0.25, 0.3) is 26.9 Å². The number of halogens is 1. The van der Waals surface area contributed by atoms with Crippen LogP contribution in [0.3, 0.4) is 0 Å². The maximum absolute atomic E-state index is 15.5. The topological polar surface area (TPSA) is 152 Å². The van der Waals surface area contributed by atoms with Gasteiger partial charge in [-0.1, -0.05) is 6.58 Å². The van der Waals surface area contributed by atoms with Gasteiger partial charge >= 0.3 is 0 Å². The highest BCUT2D eigenvalue weighted by atomic mass is 32.1. The summed E-state index contributed by atoms with van der Waals surface area (Å²) in [5.41, 5.74) is 3.65. The summed E-state index contributed by atoms with van der Waals surface area (Å²) in [5.74, 6) is 0.222. The van der Waals surface area contributed by atoms with E-state index in [4.69, 9.17) is 14.2 Å². The molecule has 4 aromatic rings. The van der Waals surface area contributed by atoms with Gasteiger partial charge in [0.2, 0.25) is 11.8 Å². The average molecular weight is 843 g/mol. The van der Waals surface area contributed by atoms with Gasteiger partial charge in [0.25, 0.3) is 17.4 Å². The first-order valence-electron chi connectivity index (χ1n) is 20.1. The van der Waals surface area contributed by atoms with Gasteiger partial charge in [0, 0.05) is 60.8 Å². The summed E-state index contributed by atoms with van der Waals surface area (Å²) in [4.78, 5) is 69.9. The van der Waals surface area contributed by atoms with Crippen LogP contribution < -0.4 is 30.4 Å². The number of pyridine rings is 1. The number of likely N-dealkylation sites (tertiary alicyclic amines) is 1. The van der Waals surface area contributed by atoms with E-state index in [1.54, 1.807) is 51.7 Å². The first-order valence-corrected chi connectivity index (χ1v) is 20.9. The lowest BCUT2D eigenvalue weighted by molar-refractivity contribution is -0.136. The van der Waals surface area contributed by atoms with Crippen molar-refractivity contribution >= 4 is 50.7 Å². The van der Waals surface area contributed by atoms with E-state index in [0.717, 1.165) is 36.0 Å². The molecule has 4 amide bonds. The molecule has 3 unspecified atom stereocenters. The van der Waals surface area contributed by atoms with E-state index in [1.165, 1.54) is 20.8 Å². The van der Waals surface area contributed by atoms with Gasteiger partial charge in [-0.3, -0.25) is 34.2 Å². The quantitative estimate of drug-likeness (QED) is 0.124. The van der Waals surface area contributed by atoms with Crippen LogP contribution >= 0.6 is 11.3 Å². The number of ether oxygens (including phenoxy) is 3. The van der Waals surface area contributed by atoms with Crippen LogP contribution in [0.15, 0.2) is 54.0 Å². The van der Waals surface area contributed by atoms with Gasteiger partial charge in [-0.05, 0) is 94.7 Å². The number of benzene rings is 2. The summed E-state index contributed by atoms with van der Waals surface area (Å²) in [7, 11) is 8.80. The summed E-state index contributed by atoms with van der Waals surface area (Å²) in [6, 6.07) is 9.19. The Kier molecular flexibility index (Phi) is 12.7. The molecule has 7 rings (SSSR count). The molecule has 0 spiro atoms. The Morgan fingerprint density at radius 3 is 2.43 bits per heavy atom. The van der Waals surface area contributed by atoms with Crippen molar-refractivity contribution in [2.24, 2.45) is 7.05 Å². The van der Waals surface area contributed by atoms with Gasteiger partial charge < -0.3 is 33.9 Å². The number of imide groups is 1. The molecule has 318 valence electrons. The van der Waals surface area contributed by atoms with Crippen LogP contribution in [0.5, 0.6) is 17.2 Å². The number of unbranched alkanes of at least 4 members (excludes halogenated alkanes) is 2. The molecule has 3 atom stereocenters. The number of hydrogen-bond donors (Lipinski definition) is 2. The molecular weight excluding hydrogens is 792 g/mol. The van der Waals surface area contributed by atoms with Crippen LogP contribution in [0.1, 0.15) is 69.7 Å². The Morgan fingerprint density at radius 1 is 1.00 bits per heavy atom. The summed E-state index contributed by atoms with van der Waals surface area (Å²) in [6.07, 6.45) is 3.80. The van der Waals surface area contributed by atoms with Gasteiger partial charge in [0.1, 0.15) is 29.5 Å². The molecule has 0 saturated carbocycles. The summed E-state index contributed by atoms with van der Waals surface area (Å²) >= 11 is 1.21. The SMILES string of the molecule is C=C1c2ccc(OCCCCCN3CCC(NC(=O)c4cc5c(=O)n(C)cc(-c6cc(OC)c(CN(C)C)c(OC)c6)c5s4)C(F)C3)cc2C(=O)N1C1CCC(=O)NC1=O. The minimum Gasteiger partial charge on any atom is -0.496 e. The number of aryl methyl sites for hydroxylation is 1. The van der Waals surface area contributed by atoms with Crippen molar-refractivity contribution in [2.75, 3.05) is 54.6 Å². The molecule has 0 bridgehead atoms. The highest BCUT2D eigenvalue weighted by Gasteiger charge is 2.41. The number of carbonyl (C=O) groups excluding carboxylic acids is 4. The number of hydrogen-bond acceptors (Lipinski definition) is 11. The number of nitrogens with one attached hydrogen (secondary N) is 2. The Balaban J connectivity index is 0.894. The molecule has 2 N–H and O–H groups in total. The predicted octanol–water partition coefficient (Wildman–Crippen LogP) is 4.97. The smallest absolute Gasteiger partial charge is 0.261 e. The van der Waals surface area contributed by atoms with Crippen LogP contribution in [-0.2, 0) is 23.2 Å². The fraction of sp³-hybridized carbons (Fsp3) is 0.432. The highest BCUT2D eigenvalue weighted by Crippen LogP contribution is 2.40. The van der Waals surface area contributed by atoms with Crippen LogP contribution in [0, 0.1) is 0 Å². The zero-order chi connectivity index (χ0) is 42.8. The maximum atomic E-state index is 15.5. The van der Waals surface area contributed by atoms with E-state index >= 15 is 4.39 Å². The Hall–Kier alpha value is -5.58. The van der Waals surface area contributed by atoms with Crippen LogP contribution in [0.4, 0.5) is 4.39 Å². The van der Waals surface area contributed by atoms with Gasteiger partial charge in [-0.25, -0.2) is 4.39 Å². The highest BCUT2D eigenvalue weighted by molar-refractivity contribution is 7.21. The normalized spacial score (nSPS) is 19.5. The lowest BCUT2D eigenvalue weighted by Crippen LogP contribution is -2.52. The fourth-order valence-electron chi connectivity index (χ4n) is 8.24. The van der Waals surface area contributed by atoms with Crippen molar-refractivity contribution in [1.82, 2.24) is 29.9 Å². The van der Waals surface area contributed by atoms with Gasteiger partial charge in [0.05, 0.1) is 48.3 Å². The molecule has 14 nitrogen and oxygen atoms in total. The van der Waals surface area contributed by atoms with Crippen LogP contribution in [0.2, 0.25) is 0 Å². The average Bonchev–Trinajstić information content (AvgIpc) is 3.77. The Morgan fingerprint density at radius 2 is 1.75 bits per heavy atom. The zero-order valence-electron chi connectivity index (χ0n) is 34.6.